The van der Waals surface area contributed by atoms with Crippen LogP contribution in [-0.2, 0) is 24.7 Å². The first kappa shape index (κ1) is 35.5. The van der Waals surface area contributed by atoms with Crippen molar-refractivity contribution in [3.63, 3.8) is 0 Å². The fraction of sp³-hybridized carbons (Fsp3) is 0.133. The first-order valence-electron chi connectivity index (χ1n) is 12.6. The van der Waals surface area contributed by atoms with E-state index in [0.717, 1.165) is 48.5 Å². The number of hydrogen-bond donors (Lipinski definition) is 2. The lowest BCUT2D eigenvalue weighted by Crippen LogP contribution is -2.04. The molecular formula is C30H20F12N4. The molecular weight excluding hydrogens is 644 g/mol. The highest BCUT2D eigenvalue weighted by Crippen LogP contribution is 2.32. The van der Waals surface area contributed by atoms with Gasteiger partial charge in [-0.3, -0.25) is 10.9 Å². The van der Waals surface area contributed by atoms with Gasteiger partial charge in [-0.2, -0.15) is 62.9 Å². The van der Waals surface area contributed by atoms with E-state index in [4.69, 9.17) is 0 Å². The van der Waals surface area contributed by atoms with Crippen molar-refractivity contribution in [2.24, 2.45) is 10.2 Å². The third-order valence-corrected chi connectivity index (χ3v) is 5.72. The van der Waals surface area contributed by atoms with Gasteiger partial charge in [0.15, 0.2) is 0 Å². The molecule has 4 aromatic rings. The zero-order valence-electron chi connectivity index (χ0n) is 22.8. The monoisotopic (exact) mass is 664 g/mol. The van der Waals surface area contributed by atoms with E-state index >= 15 is 0 Å². The van der Waals surface area contributed by atoms with Gasteiger partial charge in [-0.25, -0.2) is 0 Å². The van der Waals surface area contributed by atoms with E-state index in [2.05, 4.69) is 21.1 Å². The third kappa shape index (κ3) is 11.2. The van der Waals surface area contributed by atoms with Crippen LogP contribution in [-0.4, -0.2) is 12.4 Å². The van der Waals surface area contributed by atoms with Crippen LogP contribution in [0.5, 0.6) is 0 Å². The molecule has 2 N–H and O–H groups in total. The highest BCUT2D eigenvalue weighted by molar-refractivity contribution is 5.80. The van der Waals surface area contributed by atoms with Crippen LogP contribution in [0.25, 0.3) is 0 Å². The van der Waals surface area contributed by atoms with Gasteiger partial charge in [-0.1, -0.05) is 24.3 Å². The third-order valence-electron chi connectivity index (χ3n) is 5.72. The lowest BCUT2D eigenvalue weighted by atomic mass is 10.1. The highest BCUT2D eigenvalue weighted by Gasteiger charge is 2.32. The molecule has 0 unspecified atom stereocenters. The summed E-state index contributed by atoms with van der Waals surface area (Å²) >= 11 is 0. The van der Waals surface area contributed by atoms with Gasteiger partial charge in [-0.05, 0) is 83.9 Å². The summed E-state index contributed by atoms with van der Waals surface area (Å²) in [6.45, 7) is 0. The minimum atomic E-state index is -4.41. The van der Waals surface area contributed by atoms with E-state index in [9.17, 15) is 52.7 Å². The summed E-state index contributed by atoms with van der Waals surface area (Å²) in [5.74, 6) is 0. The fourth-order valence-corrected chi connectivity index (χ4v) is 3.35. The molecule has 0 fully saturated rings. The number of halogens is 12. The summed E-state index contributed by atoms with van der Waals surface area (Å²) in [5, 5.41) is 7.52. The van der Waals surface area contributed by atoms with E-state index in [1.165, 1.54) is 61.0 Å². The minimum Gasteiger partial charge on any atom is -0.279 e. The van der Waals surface area contributed by atoms with Gasteiger partial charge >= 0.3 is 24.7 Å². The Balaban J connectivity index is 0.000000250. The Kier molecular flexibility index (Phi) is 11.1. The fourth-order valence-electron chi connectivity index (χ4n) is 3.35. The standard InChI is InChI=1S/2C15H10F6N2/c2*16-14(17,18)11-3-1-10(2-4-11)9-22-23-13-7-5-12(6-8-13)15(19,20)21/h2*1-9,23H/b2*22-9+. The summed E-state index contributed by atoms with van der Waals surface area (Å²) in [6.07, 6.45) is -15.1. The van der Waals surface area contributed by atoms with Crippen LogP contribution in [0.2, 0.25) is 0 Å². The predicted octanol–water partition coefficient (Wildman–Crippen LogP) is 10.3. The zero-order chi connectivity index (χ0) is 34.2. The topological polar surface area (TPSA) is 48.8 Å². The van der Waals surface area contributed by atoms with E-state index < -0.39 is 47.0 Å². The van der Waals surface area contributed by atoms with Crippen LogP contribution < -0.4 is 10.9 Å². The molecule has 4 nitrogen and oxygen atoms in total. The van der Waals surface area contributed by atoms with Crippen LogP contribution in [0, 0.1) is 0 Å². The van der Waals surface area contributed by atoms with Gasteiger partial charge in [0.2, 0.25) is 0 Å². The number of benzene rings is 4. The van der Waals surface area contributed by atoms with Crippen molar-refractivity contribution in [1.82, 2.24) is 0 Å². The van der Waals surface area contributed by atoms with Crippen molar-refractivity contribution < 1.29 is 52.7 Å². The van der Waals surface area contributed by atoms with Crippen molar-refractivity contribution in [3.8, 4) is 0 Å². The SMILES string of the molecule is FC(F)(F)c1ccc(/C=N/Nc2ccc(C(F)(F)F)cc2)cc1.FC(F)(F)c1ccc(/C=N/Nc2ccc(C(F)(F)F)cc2)cc1. The second-order valence-corrected chi connectivity index (χ2v) is 9.13. The van der Waals surface area contributed by atoms with E-state index in [1.54, 1.807) is 0 Å². The molecule has 0 radical (unpaired) electrons. The molecule has 16 heteroatoms. The molecule has 0 aliphatic rings. The minimum absolute atomic E-state index is 0.321. The second-order valence-electron chi connectivity index (χ2n) is 9.13. The molecule has 0 aliphatic carbocycles. The normalized spacial score (nSPS) is 12.6. The zero-order valence-corrected chi connectivity index (χ0v) is 22.8. The Bertz CT molecular complexity index is 1460. The molecule has 0 amide bonds. The van der Waals surface area contributed by atoms with Gasteiger partial charge in [0.1, 0.15) is 0 Å². The van der Waals surface area contributed by atoms with Crippen molar-refractivity contribution in [1.29, 1.82) is 0 Å². The molecule has 244 valence electrons. The number of nitrogens with zero attached hydrogens (tertiary/aromatic N) is 2. The maximum atomic E-state index is 12.4. The van der Waals surface area contributed by atoms with Crippen molar-refractivity contribution in [2.45, 2.75) is 24.7 Å². The van der Waals surface area contributed by atoms with Gasteiger partial charge < -0.3 is 0 Å². The summed E-state index contributed by atoms with van der Waals surface area (Å²) in [6, 6.07) is 17.0. The number of nitrogens with one attached hydrogen (secondary N) is 2. The molecule has 0 aromatic heterocycles. The summed E-state index contributed by atoms with van der Waals surface area (Å²) in [4.78, 5) is 0. The number of alkyl halides is 12. The van der Waals surface area contributed by atoms with Crippen LogP contribution in [0.1, 0.15) is 33.4 Å². The lowest BCUT2D eigenvalue weighted by Gasteiger charge is -2.07. The molecule has 46 heavy (non-hydrogen) atoms. The second kappa shape index (κ2) is 14.4. The molecule has 0 spiro atoms. The van der Waals surface area contributed by atoms with Crippen molar-refractivity contribution in [2.75, 3.05) is 10.9 Å². The largest absolute Gasteiger partial charge is 0.416 e. The average molecular weight is 664 g/mol. The number of hydrazone groups is 2. The average Bonchev–Trinajstić information content (AvgIpc) is 2.97. The van der Waals surface area contributed by atoms with Gasteiger partial charge in [0.05, 0.1) is 46.1 Å². The summed E-state index contributed by atoms with van der Waals surface area (Å²) in [7, 11) is 0. The number of hydrogen-bond acceptors (Lipinski definition) is 4. The van der Waals surface area contributed by atoms with Crippen LogP contribution in [0.15, 0.2) is 107 Å². The Morgan fingerprint density at radius 1 is 0.348 bits per heavy atom. The molecule has 0 heterocycles. The Morgan fingerprint density at radius 3 is 0.783 bits per heavy atom. The Labute approximate surface area is 253 Å². The molecule has 0 saturated heterocycles. The molecule has 4 aromatic carbocycles. The molecule has 0 saturated carbocycles. The maximum Gasteiger partial charge on any atom is 0.416 e. The Hall–Kier alpha value is -5.02. The van der Waals surface area contributed by atoms with Crippen LogP contribution in [0.3, 0.4) is 0 Å². The van der Waals surface area contributed by atoms with Crippen LogP contribution >= 0.6 is 0 Å². The first-order chi connectivity index (χ1) is 21.3. The van der Waals surface area contributed by atoms with E-state index in [1.807, 2.05) is 0 Å². The molecule has 4 rings (SSSR count). The quantitative estimate of drug-likeness (QED) is 0.122. The maximum absolute atomic E-state index is 12.4. The van der Waals surface area contributed by atoms with Crippen molar-refractivity contribution in [3.05, 3.63) is 130 Å². The smallest absolute Gasteiger partial charge is 0.279 e. The number of anilines is 2. The predicted molar refractivity (Wildman–Crippen MR) is 148 cm³/mol. The molecule has 0 aliphatic heterocycles. The lowest BCUT2D eigenvalue weighted by molar-refractivity contribution is -0.138. The van der Waals surface area contributed by atoms with E-state index in [0.29, 0.717) is 22.5 Å². The molecule has 0 atom stereocenters. The summed E-state index contributed by atoms with van der Waals surface area (Å²) < 4.78 is 149. The number of rotatable bonds is 6. The summed E-state index contributed by atoms with van der Waals surface area (Å²) in [5.41, 5.74) is 3.35. The van der Waals surface area contributed by atoms with Gasteiger partial charge in [0, 0.05) is 0 Å². The van der Waals surface area contributed by atoms with Gasteiger partial charge in [-0.15, -0.1) is 0 Å². The van der Waals surface area contributed by atoms with Crippen LogP contribution in [0.4, 0.5) is 64.1 Å². The first-order valence-corrected chi connectivity index (χ1v) is 12.6. The van der Waals surface area contributed by atoms with Crippen molar-refractivity contribution >= 4 is 23.8 Å². The highest BCUT2D eigenvalue weighted by atomic mass is 19.4. The van der Waals surface area contributed by atoms with E-state index in [-0.39, 0.29) is 0 Å². The Morgan fingerprint density at radius 2 is 0.565 bits per heavy atom. The molecule has 0 bridgehead atoms. The van der Waals surface area contributed by atoms with Gasteiger partial charge in [0.25, 0.3) is 0 Å².